The predicted molar refractivity (Wildman–Crippen MR) is 69.7 cm³/mol. The highest BCUT2D eigenvalue weighted by atomic mass is 79.9. The summed E-state index contributed by atoms with van der Waals surface area (Å²) in [6.45, 7) is 2.25. The second-order valence-electron chi connectivity index (χ2n) is 4.33. The molecule has 0 heterocycles. The lowest BCUT2D eigenvalue weighted by molar-refractivity contribution is 0.600. The summed E-state index contributed by atoms with van der Waals surface area (Å²) in [6, 6.07) is 8.83. The molecule has 0 fully saturated rings. The van der Waals surface area contributed by atoms with Crippen LogP contribution in [0.1, 0.15) is 36.8 Å². The van der Waals surface area contributed by atoms with Crippen LogP contribution in [0.2, 0.25) is 0 Å². The van der Waals surface area contributed by atoms with Crippen molar-refractivity contribution in [3.63, 3.8) is 0 Å². The van der Waals surface area contributed by atoms with Crippen molar-refractivity contribution < 1.29 is 0 Å². The van der Waals surface area contributed by atoms with Crippen molar-refractivity contribution in [2.24, 2.45) is 0 Å². The SMILES string of the molecule is CC(=CCCBr)CC1Cc2ccccc21. The van der Waals surface area contributed by atoms with E-state index >= 15 is 0 Å². The van der Waals surface area contributed by atoms with E-state index in [4.69, 9.17) is 0 Å². The van der Waals surface area contributed by atoms with E-state index in [1.807, 2.05) is 0 Å². The Morgan fingerprint density at radius 2 is 2.27 bits per heavy atom. The van der Waals surface area contributed by atoms with Gasteiger partial charge in [0.25, 0.3) is 0 Å². The first-order valence-corrected chi connectivity index (χ1v) is 6.73. The molecule has 1 aromatic rings. The standard InChI is InChI=1S/C14H17Br/c1-11(5-4-8-15)9-13-10-12-6-2-3-7-14(12)13/h2-3,5-7,13H,4,8-10H2,1H3. The zero-order valence-electron chi connectivity index (χ0n) is 9.17. The third-order valence-electron chi connectivity index (χ3n) is 3.13. The van der Waals surface area contributed by atoms with Gasteiger partial charge >= 0.3 is 0 Å². The van der Waals surface area contributed by atoms with E-state index < -0.39 is 0 Å². The van der Waals surface area contributed by atoms with Crippen LogP contribution in [0.3, 0.4) is 0 Å². The van der Waals surface area contributed by atoms with Crippen molar-refractivity contribution >= 4 is 15.9 Å². The number of halogens is 1. The highest BCUT2D eigenvalue weighted by molar-refractivity contribution is 9.09. The molecule has 80 valence electrons. The Balaban J connectivity index is 1.94. The van der Waals surface area contributed by atoms with Gasteiger partial charge in [0, 0.05) is 5.33 Å². The third-order valence-corrected chi connectivity index (χ3v) is 3.59. The molecule has 0 spiro atoms. The average molecular weight is 265 g/mol. The largest absolute Gasteiger partial charge is 0.0925 e. The van der Waals surface area contributed by atoms with Crippen LogP contribution in [0.4, 0.5) is 0 Å². The van der Waals surface area contributed by atoms with Gasteiger partial charge in [0.2, 0.25) is 0 Å². The lowest BCUT2D eigenvalue weighted by Crippen LogP contribution is -2.16. The zero-order valence-corrected chi connectivity index (χ0v) is 10.8. The van der Waals surface area contributed by atoms with Crippen molar-refractivity contribution in [1.82, 2.24) is 0 Å². The van der Waals surface area contributed by atoms with Gasteiger partial charge in [0.1, 0.15) is 0 Å². The van der Waals surface area contributed by atoms with Gasteiger partial charge < -0.3 is 0 Å². The van der Waals surface area contributed by atoms with Gasteiger partial charge in [-0.15, -0.1) is 0 Å². The minimum atomic E-state index is 0.785. The summed E-state index contributed by atoms with van der Waals surface area (Å²) in [5.74, 6) is 0.785. The fraction of sp³-hybridized carbons (Fsp3) is 0.429. The molecule has 1 aliphatic carbocycles. The Morgan fingerprint density at radius 1 is 1.47 bits per heavy atom. The third kappa shape index (κ3) is 2.52. The molecule has 0 saturated carbocycles. The summed E-state index contributed by atoms with van der Waals surface area (Å²) in [7, 11) is 0. The fourth-order valence-electron chi connectivity index (χ4n) is 2.32. The Hall–Kier alpha value is -0.560. The van der Waals surface area contributed by atoms with Gasteiger partial charge in [-0.3, -0.25) is 0 Å². The Bertz CT molecular complexity index is 365. The molecule has 0 aromatic heterocycles. The van der Waals surface area contributed by atoms with Gasteiger partial charge in [-0.2, -0.15) is 0 Å². The zero-order chi connectivity index (χ0) is 10.7. The first kappa shape index (κ1) is 10.9. The smallest absolute Gasteiger partial charge is 0.00660 e. The fourth-order valence-corrected chi connectivity index (χ4v) is 2.55. The van der Waals surface area contributed by atoms with Gasteiger partial charge in [0.15, 0.2) is 0 Å². The van der Waals surface area contributed by atoms with Crippen LogP contribution in [0.5, 0.6) is 0 Å². The molecular formula is C14H17Br. The van der Waals surface area contributed by atoms with Gasteiger partial charge in [-0.1, -0.05) is 51.8 Å². The second kappa shape index (κ2) is 4.98. The van der Waals surface area contributed by atoms with Gasteiger partial charge in [-0.05, 0) is 43.2 Å². The van der Waals surface area contributed by atoms with E-state index in [1.54, 1.807) is 11.1 Å². The molecule has 1 unspecified atom stereocenters. The van der Waals surface area contributed by atoms with Crippen LogP contribution in [-0.2, 0) is 6.42 Å². The molecule has 0 aliphatic heterocycles. The molecule has 1 aromatic carbocycles. The predicted octanol–water partition coefficient (Wildman–Crippen LogP) is 4.45. The lowest BCUT2D eigenvalue weighted by atomic mass is 9.74. The van der Waals surface area contributed by atoms with Crippen LogP contribution in [0.25, 0.3) is 0 Å². The summed E-state index contributed by atoms with van der Waals surface area (Å²) in [5.41, 5.74) is 4.66. The van der Waals surface area contributed by atoms with Gasteiger partial charge in [0.05, 0.1) is 0 Å². The summed E-state index contributed by atoms with van der Waals surface area (Å²) < 4.78 is 0. The minimum Gasteiger partial charge on any atom is -0.0925 e. The summed E-state index contributed by atoms with van der Waals surface area (Å²) in [5, 5.41) is 1.07. The van der Waals surface area contributed by atoms with E-state index in [1.165, 1.54) is 18.4 Å². The Morgan fingerprint density at radius 3 is 3.00 bits per heavy atom. The van der Waals surface area contributed by atoms with Crippen molar-refractivity contribution in [3.8, 4) is 0 Å². The van der Waals surface area contributed by atoms with E-state index in [9.17, 15) is 0 Å². The number of fused-ring (bicyclic) bond motifs is 1. The van der Waals surface area contributed by atoms with Crippen molar-refractivity contribution in [2.45, 2.75) is 32.1 Å². The van der Waals surface area contributed by atoms with Crippen molar-refractivity contribution in [3.05, 3.63) is 47.0 Å². The Kier molecular flexibility index (Phi) is 3.63. The summed E-state index contributed by atoms with van der Waals surface area (Å²) >= 11 is 3.46. The lowest BCUT2D eigenvalue weighted by Gasteiger charge is -2.30. The summed E-state index contributed by atoms with van der Waals surface area (Å²) in [6.07, 6.45) is 6.02. The average Bonchev–Trinajstić information content (AvgIpc) is 2.23. The summed E-state index contributed by atoms with van der Waals surface area (Å²) in [4.78, 5) is 0. The quantitative estimate of drug-likeness (QED) is 0.557. The van der Waals surface area contributed by atoms with Crippen molar-refractivity contribution in [1.29, 1.82) is 0 Å². The number of benzene rings is 1. The monoisotopic (exact) mass is 264 g/mol. The maximum absolute atomic E-state index is 3.46. The first-order valence-electron chi connectivity index (χ1n) is 5.60. The normalized spacial score (nSPS) is 19.6. The molecule has 2 rings (SSSR count). The second-order valence-corrected chi connectivity index (χ2v) is 5.13. The van der Waals surface area contributed by atoms with Crippen LogP contribution in [0, 0.1) is 0 Å². The van der Waals surface area contributed by atoms with Crippen LogP contribution in [-0.4, -0.2) is 5.33 Å². The Labute approximate surface area is 101 Å². The molecule has 15 heavy (non-hydrogen) atoms. The molecule has 0 saturated heterocycles. The number of alkyl halides is 1. The highest BCUT2D eigenvalue weighted by Crippen LogP contribution is 2.38. The van der Waals surface area contributed by atoms with Crippen molar-refractivity contribution in [2.75, 3.05) is 5.33 Å². The number of allylic oxidation sites excluding steroid dienone is 2. The van der Waals surface area contributed by atoms with Crippen LogP contribution < -0.4 is 0 Å². The maximum Gasteiger partial charge on any atom is 0.00660 e. The molecular weight excluding hydrogens is 248 g/mol. The van der Waals surface area contributed by atoms with Crippen LogP contribution in [0.15, 0.2) is 35.9 Å². The molecule has 0 N–H and O–H groups in total. The maximum atomic E-state index is 3.46. The number of hydrogen-bond donors (Lipinski definition) is 0. The first-order chi connectivity index (χ1) is 7.31. The van der Waals surface area contributed by atoms with Gasteiger partial charge in [-0.25, -0.2) is 0 Å². The molecule has 0 nitrogen and oxygen atoms in total. The molecule has 1 heteroatoms. The highest BCUT2D eigenvalue weighted by Gasteiger charge is 2.24. The molecule has 0 bridgehead atoms. The molecule has 0 amide bonds. The molecule has 1 aliphatic rings. The van der Waals surface area contributed by atoms with E-state index in [-0.39, 0.29) is 0 Å². The van der Waals surface area contributed by atoms with E-state index in [0.29, 0.717) is 0 Å². The minimum absolute atomic E-state index is 0.785. The number of rotatable bonds is 4. The topological polar surface area (TPSA) is 0 Å². The van der Waals surface area contributed by atoms with Crippen LogP contribution >= 0.6 is 15.9 Å². The van der Waals surface area contributed by atoms with E-state index in [0.717, 1.165) is 17.7 Å². The van der Waals surface area contributed by atoms with E-state index in [2.05, 4.69) is 53.2 Å². The number of hydrogen-bond acceptors (Lipinski definition) is 0. The molecule has 0 radical (unpaired) electrons. The molecule has 1 atom stereocenters.